The maximum Gasteiger partial charge on any atom is 0.392 e. The van der Waals surface area contributed by atoms with Crippen LogP contribution < -0.4 is 9.47 Å². The summed E-state index contributed by atoms with van der Waals surface area (Å²) in [6, 6.07) is 7.20. The van der Waals surface area contributed by atoms with Gasteiger partial charge >= 0.3 is 6.18 Å². The molecule has 1 fully saturated rings. The van der Waals surface area contributed by atoms with Crippen molar-refractivity contribution in [2.45, 2.75) is 19.2 Å². The molecule has 1 aliphatic heterocycles. The van der Waals surface area contributed by atoms with Crippen LogP contribution in [0.2, 0.25) is 0 Å². The van der Waals surface area contributed by atoms with E-state index in [9.17, 15) is 13.2 Å². The van der Waals surface area contributed by atoms with Gasteiger partial charge in [0.2, 0.25) is 0 Å². The highest BCUT2D eigenvalue weighted by molar-refractivity contribution is 5.33. The van der Waals surface area contributed by atoms with E-state index in [2.05, 4.69) is 0 Å². The molecule has 20 heavy (non-hydrogen) atoms. The van der Waals surface area contributed by atoms with Gasteiger partial charge in [0.1, 0.15) is 17.6 Å². The molecule has 6 heteroatoms. The Morgan fingerprint density at radius 2 is 1.95 bits per heavy atom. The SMILES string of the molecule is COc1cccc(OC2CN(C[C@H](C)C(F)(F)F)C2)c1. The minimum Gasteiger partial charge on any atom is -0.497 e. The average Bonchev–Trinajstić information content (AvgIpc) is 2.35. The molecular weight excluding hydrogens is 271 g/mol. The Kier molecular flexibility index (Phi) is 4.42. The second-order valence-electron chi connectivity index (χ2n) is 5.08. The molecule has 0 aliphatic carbocycles. The smallest absolute Gasteiger partial charge is 0.392 e. The second-order valence-corrected chi connectivity index (χ2v) is 5.08. The zero-order valence-electron chi connectivity index (χ0n) is 11.5. The lowest BCUT2D eigenvalue weighted by Gasteiger charge is -2.40. The maximum atomic E-state index is 12.4. The van der Waals surface area contributed by atoms with Crippen molar-refractivity contribution in [3.05, 3.63) is 24.3 Å². The van der Waals surface area contributed by atoms with Crippen LogP contribution in [-0.2, 0) is 0 Å². The summed E-state index contributed by atoms with van der Waals surface area (Å²) >= 11 is 0. The number of halogens is 3. The molecule has 3 nitrogen and oxygen atoms in total. The summed E-state index contributed by atoms with van der Waals surface area (Å²) in [5.41, 5.74) is 0. The van der Waals surface area contributed by atoms with Crippen molar-refractivity contribution in [2.24, 2.45) is 5.92 Å². The molecule has 1 atom stereocenters. The third kappa shape index (κ3) is 3.79. The third-order valence-electron chi connectivity index (χ3n) is 3.36. The largest absolute Gasteiger partial charge is 0.497 e. The van der Waals surface area contributed by atoms with Crippen molar-refractivity contribution >= 4 is 0 Å². The first-order chi connectivity index (χ1) is 9.38. The number of alkyl halides is 3. The number of hydrogen-bond acceptors (Lipinski definition) is 3. The van der Waals surface area contributed by atoms with E-state index in [0.29, 0.717) is 24.6 Å². The first-order valence-corrected chi connectivity index (χ1v) is 6.48. The first-order valence-electron chi connectivity index (χ1n) is 6.48. The topological polar surface area (TPSA) is 21.7 Å². The molecule has 1 aliphatic rings. The Hall–Kier alpha value is -1.43. The van der Waals surface area contributed by atoms with E-state index >= 15 is 0 Å². The molecule has 1 aromatic rings. The van der Waals surface area contributed by atoms with Crippen LogP contribution in [-0.4, -0.2) is 43.9 Å². The fourth-order valence-electron chi connectivity index (χ4n) is 2.10. The number of hydrogen-bond donors (Lipinski definition) is 0. The predicted molar refractivity (Wildman–Crippen MR) is 69.1 cm³/mol. The van der Waals surface area contributed by atoms with Gasteiger partial charge in [-0.15, -0.1) is 0 Å². The standard InChI is InChI=1S/C14H18F3NO2/c1-10(14(15,16)17)7-18-8-13(9-18)20-12-5-3-4-11(6-12)19-2/h3-6,10,13H,7-9H2,1-2H3/t10-/m0/s1. The Labute approximate surface area is 116 Å². The number of benzene rings is 1. The number of nitrogens with zero attached hydrogens (tertiary/aromatic N) is 1. The van der Waals surface area contributed by atoms with Crippen molar-refractivity contribution < 1.29 is 22.6 Å². The lowest BCUT2D eigenvalue weighted by atomic mass is 10.1. The molecule has 0 aromatic heterocycles. The van der Waals surface area contributed by atoms with Crippen LogP contribution >= 0.6 is 0 Å². The fourth-order valence-corrected chi connectivity index (χ4v) is 2.10. The Bertz CT molecular complexity index is 444. The highest BCUT2D eigenvalue weighted by atomic mass is 19.4. The lowest BCUT2D eigenvalue weighted by Crippen LogP contribution is -2.55. The summed E-state index contributed by atoms with van der Waals surface area (Å²) in [6.07, 6.45) is -4.18. The third-order valence-corrected chi connectivity index (χ3v) is 3.36. The second kappa shape index (κ2) is 5.91. The number of rotatable bonds is 5. The number of ether oxygens (including phenoxy) is 2. The van der Waals surface area contributed by atoms with Crippen LogP contribution in [0.4, 0.5) is 13.2 Å². The number of methoxy groups -OCH3 is 1. The summed E-state index contributed by atoms with van der Waals surface area (Å²) in [6.45, 7) is 2.28. The van der Waals surface area contributed by atoms with Crippen molar-refractivity contribution in [1.29, 1.82) is 0 Å². The van der Waals surface area contributed by atoms with Crippen LogP contribution in [0.1, 0.15) is 6.92 Å². The van der Waals surface area contributed by atoms with Crippen LogP contribution in [0.25, 0.3) is 0 Å². The van der Waals surface area contributed by atoms with Crippen LogP contribution in [0.5, 0.6) is 11.5 Å². The molecule has 112 valence electrons. The van der Waals surface area contributed by atoms with Gasteiger partial charge in [0.05, 0.1) is 13.0 Å². The fraction of sp³-hybridized carbons (Fsp3) is 0.571. The summed E-state index contributed by atoms with van der Waals surface area (Å²) in [4.78, 5) is 1.75. The van der Waals surface area contributed by atoms with Crippen LogP contribution in [0, 0.1) is 5.92 Å². The summed E-state index contributed by atoms with van der Waals surface area (Å²) in [5.74, 6) is 0.0718. The molecule has 0 saturated carbocycles. The normalized spacial score (nSPS) is 18.4. The van der Waals surface area contributed by atoms with E-state index in [-0.39, 0.29) is 12.6 Å². The molecule has 1 aromatic carbocycles. The average molecular weight is 289 g/mol. The zero-order valence-corrected chi connectivity index (χ0v) is 11.5. The summed E-state index contributed by atoms with van der Waals surface area (Å²) in [7, 11) is 1.57. The number of likely N-dealkylation sites (tertiary alicyclic amines) is 1. The van der Waals surface area contributed by atoms with Crippen molar-refractivity contribution in [2.75, 3.05) is 26.7 Å². The highest BCUT2D eigenvalue weighted by Gasteiger charge is 2.39. The van der Waals surface area contributed by atoms with E-state index in [1.807, 2.05) is 18.2 Å². The summed E-state index contributed by atoms with van der Waals surface area (Å²) in [5, 5.41) is 0. The molecule has 0 amide bonds. The lowest BCUT2D eigenvalue weighted by molar-refractivity contribution is -0.179. The van der Waals surface area contributed by atoms with E-state index in [4.69, 9.17) is 9.47 Å². The van der Waals surface area contributed by atoms with Gasteiger partial charge in [0.25, 0.3) is 0 Å². The molecular formula is C14H18F3NO2. The highest BCUT2D eigenvalue weighted by Crippen LogP contribution is 2.28. The van der Waals surface area contributed by atoms with E-state index in [1.54, 1.807) is 18.1 Å². The van der Waals surface area contributed by atoms with Gasteiger partial charge in [-0.1, -0.05) is 13.0 Å². The Morgan fingerprint density at radius 3 is 2.55 bits per heavy atom. The first kappa shape index (κ1) is 15.0. The van der Waals surface area contributed by atoms with Gasteiger partial charge in [0.15, 0.2) is 0 Å². The molecule has 0 bridgehead atoms. The molecule has 2 rings (SSSR count). The monoisotopic (exact) mass is 289 g/mol. The van der Waals surface area contributed by atoms with Crippen molar-refractivity contribution in [1.82, 2.24) is 4.90 Å². The van der Waals surface area contributed by atoms with E-state index < -0.39 is 12.1 Å². The van der Waals surface area contributed by atoms with Gasteiger partial charge in [0, 0.05) is 25.7 Å². The van der Waals surface area contributed by atoms with Gasteiger partial charge < -0.3 is 9.47 Å². The Morgan fingerprint density at radius 1 is 1.30 bits per heavy atom. The zero-order chi connectivity index (χ0) is 14.8. The minimum atomic E-state index is -4.13. The van der Waals surface area contributed by atoms with Crippen molar-refractivity contribution in [3.8, 4) is 11.5 Å². The molecule has 0 unspecified atom stereocenters. The van der Waals surface area contributed by atoms with Gasteiger partial charge in [-0.05, 0) is 12.1 Å². The van der Waals surface area contributed by atoms with Gasteiger partial charge in [-0.3, -0.25) is 4.90 Å². The predicted octanol–water partition coefficient (Wildman–Crippen LogP) is 2.96. The summed E-state index contributed by atoms with van der Waals surface area (Å²) < 4.78 is 48.0. The molecule has 0 spiro atoms. The molecule has 1 saturated heterocycles. The van der Waals surface area contributed by atoms with E-state index in [1.165, 1.54) is 6.92 Å². The van der Waals surface area contributed by atoms with Crippen LogP contribution in [0.3, 0.4) is 0 Å². The molecule has 1 heterocycles. The Balaban J connectivity index is 1.76. The molecule has 0 radical (unpaired) electrons. The quantitative estimate of drug-likeness (QED) is 0.832. The van der Waals surface area contributed by atoms with Crippen molar-refractivity contribution in [3.63, 3.8) is 0 Å². The van der Waals surface area contributed by atoms with Gasteiger partial charge in [-0.2, -0.15) is 13.2 Å². The van der Waals surface area contributed by atoms with E-state index in [0.717, 1.165) is 0 Å². The maximum absolute atomic E-state index is 12.4. The van der Waals surface area contributed by atoms with Crippen LogP contribution in [0.15, 0.2) is 24.3 Å². The van der Waals surface area contributed by atoms with Gasteiger partial charge in [-0.25, -0.2) is 0 Å². The minimum absolute atomic E-state index is 0.0292. The molecule has 0 N–H and O–H groups in total.